The lowest BCUT2D eigenvalue weighted by atomic mass is 9.89. The van der Waals surface area contributed by atoms with Crippen LogP contribution in [0.1, 0.15) is 86.1 Å². The predicted molar refractivity (Wildman–Crippen MR) is 207 cm³/mol. The molecule has 0 aromatic heterocycles. The maximum absolute atomic E-state index is 14.4. The van der Waals surface area contributed by atoms with Crippen molar-refractivity contribution in [2.75, 3.05) is 48.5 Å². The molecule has 1 aliphatic heterocycles. The number of carbonyl (C=O) groups excluding carboxylic acids is 4. The largest absolute Gasteiger partial charge is 0.459 e. The van der Waals surface area contributed by atoms with Gasteiger partial charge in [-0.2, -0.15) is 0 Å². The second kappa shape index (κ2) is 22.4. The highest BCUT2D eigenvalue weighted by Gasteiger charge is 2.43. The lowest BCUT2D eigenvalue weighted by Gasteiger charge is -2.41. The van der Waals surface area contributed by atoms with Crippen molar-refractivity contribution in [3.05, 3.63) is 35.9 Å². The Bertz CT molecular complexity index is 1270. The van der Waals surface area contributed by atoms with Crippen molar-refractivity contribution in [1.82, 2.24) is 20.0 Å². The average molecular weight is 747 g/mol. The Balaban J connectivity index is 2.28. The molecule has 0 saturated carbocycles. The number of likely N-dealkylation sites (N-methyl/N-ethyl adjacent to an activating group) is 2. The van der Waals surface area contributed by atoms with Crippen molar-refractivity contribution in [3.63, 3.8) is 0 Å². The molecule has 0 spiro atoms. The highest BCUT2D eigenvalue weighted by Crippen LogP contribution is 2.30. The molecule has 1 aromatic rings. The van der Waals surface area contributed by atoms with E-state index in [1.54, 1.807) is 30.9 Å². The Morgan fingerprint density at radius 1 is 0.943 bits per heavy atom. The summed E-state index contributed by atoms with van der Waals surface area (Å²) in [5.41, 5.74) is 0.947. The van der Waals surface area contributed by atoms with Gasteiger partial charge in [0.15, 0.2) is 0 Å². The maximum Gasteiger partial charge on any atom is 0.311 e. The van der Waals surface area contributed by atoms with Crippen LogP contribution in [0.25, 0.3) is 0 Å². The summed E-state index contributed by atoms with van der Waals surface area (Å²) in [5, 5.41) is 13.1. The molecule has 12 nitrogen and oxygen atoms in total. The summed E-state index contributed by atoms with van der Waals surface area (Å²) in [4.78, 5) is 60.8. The van der Waals surface area contributed by atoms with Gasteiger partial charge in [0, 0.05) is 34.2 Å². The molecule has 0 aliphatic carbocycles. The predicted octanol–water partition coefficient (Wildman–Crippen LogP) is 4.17. The molecule has 53 heavy (non-hydrogen) atoms. The van der Waals surface area contributed by atoms with E-state index < -0.39 is 48.3 Å². The molecule has 0 bridgehead atoms. The molecule has 0 unspecified atom stereocenters. The zero-order valence-corrected chi connectivity index (χ0v) is 34.5. The Morgan fingerprint density at radius 3 is 2.08 bits per heavy atom. The number of benzene rings is 1. The molecule has 12 heteroatoms. The minimum absolute atomic E-state index is 0.0218. The summed E-state index contributed by atoms with van der Waals surface area (Å²) >= 11 is 0. The Hall–Kier alpha value is -3.06. The van der Waals surface area contributed by atoms with E-state index in [9.17, 15) is 24.3 Å². The smallest absolute Gasteiger partial charge is 0.311 e. The zero-order valence-electron chi connectivity index (χ0n) is 34.5. The number of amides is 3. The first-order chi connectivity index (χ1) is 25.1. The van der Waals surface area contributed by atoms with Crippen molar-refractivity contribution in [2.45, 2.75) is 129 Å². The van der Waals surface area contributed by atoms with Crippen molar-refractivity contribution in [2.24, 2.45) is 23.7 Å². The maximum atomic E-state index is 14.4. The SMILES string of the molecule is CC[C@H](C)[C@@H]([C@@H](CC(=O)N1CCC[C@H]1[C@H](OC)[C@@H](C)C(=O)O[C@H](CO)Cc1ccccc1)OC)N(C)C(=O)[C@@H](NC(=O)[C@H](C(C)C)N(C)C)[C@@H](C)CC. The third-order valence-electron chi connectivity index (χ3n) is 11.2. The standard InChI is InChI=1S/C41H70N4O8/c1-13-27(5)35(42-39(48)36(26(3)4)43(8)9)40(49)44(10)37(28(6)14-2)33(51-11)24-34(47)45-22-18-21-32(45)38(52-12)29(7)41(50)53-31(25-46)23-30-19-16-15-17-20-30/h15-17,19-20,26-29,31-33,35-38,46H,13-14,18,21-25H2,1-12H3,(H,42,48)/t27-,28-,29+,31-,32-,33+,35-,36-,37-,38+/m0/s1. The van der Waals surface area contributed by atoms with Gasteiger partial charge in [-0.05, 0) is 57.2 Å². The van der Waals surface area contributed by atoms with Crippen LogP contribution in [0, 0.1) is 23.7 Å². The molecule has 1 saturated heterocycles. The second-order valence-corrected chi connectivity index (χ2v) is 15.5. The van der Waals surface area contributed by atoms with Crippen LogP contribution < -0.4 is 5.32 Å². The lowest BCUT2D eigenvalue weighted by Crippen LogP contribution is -2.60. The number of hydrogen-bond donors (Lipinski definition) is 2. The van der Waals surface area contributed by atoms with Gasteiger partial charge in [-0.1, -0.05) is 84.7 Å². The fourth-order valence-corrected chi connectivity index (χ4v) is 7.86. The van der Waals surface area contributed by atoms with Crippen LogP contribution >= 0.6 is 0 Å². The summed E-state index contributed by atoms with van der Waals surface area (Å²) in [6.45, 7) is 14.0. The van der Waals surface area contributed by atoms with Crippen LogP contribution in [0.4, 0.5) is 0 Å². The average Bonchev–Trinajstić information content (AvgIpc) is 3.62. The number of hydrogen-bond acceptors (Lipinski definition) is 9. The molecule has 1 heterocycles. The van der Waals surface area contributed by atoms with E-state index in [1.807, 2.05) is 90.9 Å². The van der Waals surface area contributed by atoms with E-state index >= 15 is 0 Å². The van der Waals surface area contributed by atoms with Crippen LogP contribution in [0.3, 0.4) is 0 Å². The second-order valence-electron chi connectivity index (χ2n) is 15.5. The summed E-state index contributed by atoms with van der Waals surface area (Å²) in [7, 11) is 8.57. The van der Waals surface area contributed by atoms with E-state index in [2.05, 4.69) is 5.32 Å². The molecular formula is C41H70N4O8. The van der Waals surface area contributed by atoms with Crippen LogP contribution in [-0.2, 0) is 39.8 Å². The van der Waals surface area contributed by atoms with Gasteiger partial charge in [0.2, 0.25) is 17.7 Å². The normalized spacial score (nSPS) is 19.8. The third-order valence-corrected chi connectivity index (χ3v) is 11.2. The van der Waals surface area contributed by atoms with Crippen LogP contribution in [0.5, 0.6) is 0 Å². The lowest BCUT2D eigenvalue weighted by molar-refractivity contribution is -0.163. The van der Waals surface area contributed by atoms with E-state index in [-0.39, 0.29) is 54.5 Å². The van der Waals surface area contributed by atoms with Crippen LogP contribution in [-0.4, -0.2) is 134 Å². The summed E-state index contributed by atoms with van der Waals surface area (Å²) in [5.74, 6) is -1.85. The summed E-state index contributed by atoms with van der Waals surface area (Å²) < 4.78 is 17.7. The first-order valence-electron chi connectivity index (χ1n) is 19.5. The molecule has 1 aliphatic rings. The van der Waals surface area contributed by atoms with Gasteiger partial charge in [0.05, 0.1) is 49.3 Å². The number of aliphatic hydroxyl groups excluding tert-OH is 1. The molecule has 10 atom stereocenters. The van der Waals surface area contributed by atoms with Gasteiger partial charge in [0.1, 0.15) is 12.1 Å². The minimum Gasteiger partial charge on any atom is -0.459 e. The highest BCUT2D eigenvalue weighted by molar-refractivity contribution is 5.90. The molecule has 2 N–H and O–H groups in total. The number of aliphatic hydroxyl groups is 1. The minimum atomic E-state index is -0.747. The van der Waals surface area contributed by atoms with Gasteiger partial charge in [-0.3, -0.25) is 24.1 Å². The number of methoxy groups -OCH3 is 2. The summed E-state index contributed by atoms with van der Waals surface area (Å²) in [6, 6.07) is 7.58. The fourth-order valence-electron chi connectivity index (χ4n) is 7.86. The third kappa shape index (κ3) is 12.5. The van der Waals surface area contributed by atoms with E-state index in [1.165, 1.54) is 7.11 Å². The monoisotopic (exact) mass is 747 g/mol. The number of nitrogens with one attached hydrogen (secondary N) is 1. The summed E-state index contributed by atoms with van der Waals surface area (Å²) in [6.07, 6.45) is 1.28. The van der Waals surface area contributed by atoms with Gasteiger partial charge in [-0.15, -0.1) is 0 Å². The molecule has 0 radical (unpaired) electrons. The van der Waals surface area contributed by atoms with Crippen LogP contribution in [0.15, 0.2) is 30.3 Å². The van der Waals surface area contributed by atoms with Crippen molar-refractivity contribution in [3.8, 4) is 0 Å². The van der Waals surface area contributed by atoms with Crippen LogP contribution in [0.2, 0.25) is 0 Å². The van der Waals surface area contributed by atoms with Crippen molar-refractivity contribution >= 4 is 23.7 Å². The van der Waals surface area contributed by atoms with Gasteiger partial charge in [0.25, 0.3) is 0 Å². The molecule has 1 fully saturated rings. The van der Waals surface area contributed by atoms with E-state index in [0.29, 0.717) is 25.8 Å². The number of ether oxygens (including phenoxy) is 3. The Kier molecular flexibility index (Phi) is 19.4. The molecule has 3 amide bonds. The molecule has 2 rings (SSSR count). The Morgan fingerprint density at radius 2 is 1.57 bits per heavy atom. The van der Waals surface area contributed by atoms with E-state index in [4.69, 9.17) is 14.2 Å². The van der Waals surface area contributed by atoms with E-state index in [0.717, 1.165) is 18.4 Å². The first-order valence-corrected chi connectivity index (χ1v) is 19.5. The van der Waals surface area contributed by atoms with Gasteiger partial charge in [-0.25, -0.2) is 0 Å². The first kappa shape index (κ1) is 46.1. The Labute approximate surface area is 319 Å². The quantitative estimate of drug-likeness (QED) is 0.168. The molecule has 1 aromatic carbocycles. The van der Waals surface area contributed by atoms with Gasteiger partial charge >= 0.3 is 5.97 Å². The van der Waals surface area contributed by atoms with Gasteiger partial charge < -0.3 is 34.4 Å². The number of esters is 1. The van der Waals surface area contributed by atoms with Crippen molar-refractivity contribution < 1.29 is 38.5 Å². The number of nitrogens with zero attached hydrogens (tertiary/aromatic N) is 3. The fraction of sp³-hybridized carbons (Fsp3) is 0.756. The molecular weight excluding hydrogens is 676 g/mol. The highest BCUT2D eigenvalue weighted by atomic mass is 16.6. The number of rotatable bonds is 22. The molecule has 302 valence electrons. The zero-order chi connectivity index (χ0) is 40.0. The van der Waals surface area contributed by atoms with Crippen molar-refractivity contribution in [1.29, 1.82) is 0 Å². The number of carbonyl (C=O) groups is 4. The number of likely N-dealkylation sites (tertiary alicyclic amines) is 1. The topological polar surface area (TPSA) is 138 Å².